The molecule has 6 nitrogen and oxygen atoms in total. The third kappa shape index (κ3) is 4.89. The molecule has 25 heavy (non-hydrogen) atoms. The molecule has 0 aliphatic heterocycles. The van der Waals surface area contributed by atoms with Crippen LogP contribution in [0.25, 0.3) is 0 Å². The monoisotopic (exact) mass is 365 g/mol. The number of hydrogen-bond acceptors (Lipinski definition) is 4. The van der Waals surface area contributed by atoms with Gasteiger partial charge in [-0.1, -0.05) is 18.5 Å². The van der Waals surface area contributed by atoms with Crippen molar-refractivity contribution in [3.05, 3.63) is 40.7 Å². The second kappa shape index (κ2) is 8.76. The van der Waals surface area contributed by atoms with E-state index < -0.39 is 0 Å². The number of hydrogen-bond donors (Lipinski definition) is 0. The first-order valence-electron chi connectivity index (χ1n) is 8.28. The van der Waals surface area contributed by atoms with E-state index in [1.54, 1.807) is 35.0 Å². The molecule has 1 heterocycles. The van der Waals surface area contributed by atoms with E-state index in [2.05, 4.69) is 5.10 Å². The van der Waals surface area contributed by atoms with E-state index in [1.165, 1.54) is 0 Å². The van der Waals surface area contributed by atoms with Crippen LogP contribution in [0.1, 0.15) is 36.2 Å². The highest BCUT2D eigenvalue weighted by Crippen LogP contribution is 2.37. The Balaban J connectivity index is 2.23. The Hall–Kier alpha value is -2.21. The molecule has 1 aromatic heterocycles. The Morgan fingerprint density at radius 1 is 1.32 bits per heavy atom. The van der Waals surface area contributed by atoms with E-state index in [0.717, 1.165) is 12.0 Å². The SMILES string of the molecule is CCCOc1c(Cl)cc(C(=O)N(C)Cc2cnn(C)c2)cc1OCC. The summed E-state index contributed by atoms with van der Waals surface area (Å²) in [6, 6.07) is 3.31. The molecular weight excluding hydrogens is 342 g/mol. The van der Waals surface area contributed by atoms with Crippen LogP contribution in [-0.4, -0.2) is 40.8 Å². The zero-order valence-electron chi connectivity index (χ0n) is 15.1. The lowest BCUT2D eigenvalue weighted by Crippen LogP contribution is -2.26. The molecule has 0 aliphatic rings. The largest absolute Gasteiger partial charge is 0.490 e. The van der Waals surface area contributed by atoms with Crippen molar-refractivity contribution in [1.82, 2.24) is 14.7 Å². The summed E-state index contributed by atoms with van der Waals surface area (Å²) in [6.07, 6.45) is 4.48. The van der Waals surface area contributed by atoms with Crippen LogP contribution in [0.2, 0.25) is 5.02 Å². The predicted octanol–water partition coefficient (Wildman–Crippen LogP) is 3.53. The normalized spacial score (nSPS) is 10.6. The van der Waals surface area contributed by atoms with Gasteiger partial charge in [0.05, 0.1) is 24.4 Å². The van der Waals surface area contributed by atoms with E-state index in [0.29, 0.717) is 41.8 Å². The van der Waals surface area contributed by atoms with Crippen LogP contribution in [-0.2, 0) is 13.6 Å². The smallest absolute Gasteiger partial charge is 0.254 e. The van der Waals surface area contributed by atoms with Crippen molar-refractivity contribution in [1.29, 1.82) is 0 Å². The number of benzene rings is 1. The van der Waals surface area contributed by atoms with Crippen LogP contribution in [0.3, 0.4) is 0 Å². The van der Waals surface area contributed by atoms with E-state index >= 15 is 0 Å². The Morgan fingerprint density at radius 2 is 2.08 bits per heavy atom. The molecule has 0 N–H and O–H groups in total. The van der Waals surface area contributed by atoms with Gasteiger partial charge in [0.25, 0.3) is 5.91 Å². The van der Waals surface area contributed by atoms with Gasteiger partial charge in [-0.15, -0.1) is 0 Å². The zero-order chi connectivity index (χ0) is 18.4. The van der Waals surface area contributed by atoms with Crippen LogP contribution >= 0.6 is 11.6 Å². The molecule has 2 rings (SSSR count). The molecule has 2 aromatic rings. The van der Waals surface area contributed by atoms with Crippen LogP contribution in [0.5, 0.6) is 11.5 Å². The molecular formula is C18H24ClN3O3. The first-order chi connectivity index (χ1) is 12.0. The Labute approximate surface area is 153 Å². The van der Waals surface area contributed by atoms with Gasteiger partial charge >= 0.3 is 0 Å². The maximum absolute atomic E-state index is 12.7. The average molecular weight is 366 g/mol. The number of carbonyl (C=O) groups excluding carboxylic acids is 1. The molecule has 0 saturated heterocycles. The second-order valence-electron chi connectivity index (χ2n) is 5.75. The van der Waals surface area contributed by atoms with Crippen molar-refractivity contribution in [3.8, 4) is 11.5 Å². The fourth-order valence-electron chi connectivity index (χ4n) is 2.42. The average Bonchev–Trinajstić information content (AvgIpc) is 2.98. The van der Waals surface area contributed by atoms with E-state index in [9.17, 15) is 4.79 Å². The van der Waals surface area contributed by atoms with Gasteiger partial charge in [0, 0.05) is 38.0 Å². The Bertz CT molecular complexity index is 730. The summed E-state index contributed by atoms with van der Waals surface area (Å²) < 4.78 is 13.0. The topological polar surface area (TPSA) is 56.6 Å². The Kier molecular flexibility index (Phi) is 6.70. The summed E-state index contributed by atoms with van der Waals surface area (Å²) in [5.74, 6) is 0.826. The molecule has 1 aromatic carbocycles. The maximum Gasteiger partial charge on any atom is 0.254 e. The zero-order valence-corrected chi connectivity index (χ0v) is 15.8. The van der Waals surface area contributed by atoms with Gasteiger partial charge in [-0.05, 0) is 25.5 Å². The third-order valence-electron chi connectivity index (χ3n) is 3.53. The van der Waals surface area contributed by atoms with Crippen molar-refractivity contribution in [2.75, 3.05) is 20.3 Å². The van der Waals surface area contributed by atoms with Crippen molar-refractivity contribution in [3.63, 3.8) is 0 Å². The van der Waals surface area contributed by atoms with Gasteiger partial charge in [0.1, 0.15) is 0 Å². The minimum atomic E-state index is -0.145. The summed E-state index contributed by atoms with van der Waals surface area (Å²) in [7, 11) is 3.58. The molecule has 0 unspecified atom stereocenters. The van der Waals surface area contributed by atoms with E-state index in [1.807, 2.05) is 27.1 Å². The van der Waals surface area contributed by atoms with Gasteiger partial charge in [-0.25, -0.2) is 0 Å². The Morgan fingerprint density at radius 3 is 2.68 bits per heavy atom. The molecule has 0 aliphatic carbocycles. The fraction of sp³-hybridized carbons (Fsp3) is 0.444. The molecule has 0 bridgehead atoms. The summed E-state index contributed by atoms with van der Waals surface area (Å²) in [5.41, 5.74) is 1.42. The number of amides is 1. The van der Waals surface area contributed by atoms with Crippen molar-refractivity contribution >= 4 is 17.5 Å². The van der Waals surface area contributed by atoms with Crippen LogP contribution < -0.4 is 9.47 Å². The van der Waals surface area contributed by atoms with Gasteiger partial charge in [0.2, 0.25) is 0 Å². The summed E-state index contributed by atoms with van der Waals surface area (Å²) in [6.45, 7) is 5.35. The van der Waals surface area contributed by atoms with Crippen molar-refractivity contribution in [2.45, 2.75) is 26.8 Å². The third-order valence-corrected chi connectivity index (χ3v) is 3.81. The highest BCUT2D eigenvalue weighted by molar-refractivity contribution is 6.32. The van der Waals surface area contributed by atoms with E-state index in [-0.39, 0.29) is 5.91 Å². The van der Waals surface area contributed by atoms with Crippen LogP contribution in [0.15, 0.2) is 24.5 Å². The first-order valence-corrected chi connectivity index (χ1v) is 8.66. The number of carbonyl (C=O) groups is 1. The lowest BCUT2D eigenvalue weighted by Gasteiger charge is -2.19. The number of ether oxygens (including phenoxy) is 2. The minimum Gasteiger partial charge on any atom is -0.490 e. The predicted molar refractivity (Wildman–Crippen MR) is 97.4 cm³/mol. The number of halogens is 1. The number of rotatable bonds is 8. The van der Waals surface area contributed by atoms with Crippen molar-refractivity contribution in [2.24, 2.45) is 7.05 Å². The van der Waals surface area contributed by atoms with Crippen LogP contribution in [0, 0.1) is 0 Å². The summed E-state index contributed by atoms with van der Waals surface area (Å²) >= 11 is 6.33. The lowest BCUT2D eigenvalue weighted by molar-refractivity contribution is 0.0784. The highest BCUT2D eigenvalue weighted by atomic mass is 35.5. The standard InChI is InChI=1S/C18H24ClN3O3/c1-5-7-25-17-15(19)8-14(9-16(17)24-6-2)18(23)21(3)11-13-10-20-22(4)12-13/h8-10,12H,5-7,11H2,1-4H3. The molecule has 0 spiro atoms. The summed E-state index contributed by atoms with van der Waals surface area (Å²) in [4.78, 5) is 14.3. The van der Waals surface area contributed by atoms with Gasteiger partial charge in [-0.2, -0.15) is 5.10 Å². The minimum absolute atomic E-state index is 0.145. The highest BCUT2D eigenvalue weighted by Gasteiger charge is 2.19. The number of aryl methyl sites for hydroxylation is 1. The lowest BCUT2D eigenvalue weighted by atomic mass is 10.1. The molecule has 0 fully saturated rings. The van der Waals surface area contributed by atoms with E-state index in [4.69, 9.17) is 21.1 Å². The fourth-order valence-corrected chi connectivity index (χ4v) is 2.68. The quantitative estimate of drug-likeness (QED) is 0.718. The molecule has 0 atom stereocenters. The van der Waals surface area contributed by atoms with Crippen molar-refractivity contribution < 1.29 is 14.3 Å². The van der Waals surface area contributed by atoms with Crippen LogP contribution in [0.4, 0.5) is 0 Å². The number of aromatic nitrogens is 2. The molecule has 136 valence electrons. The molecule has 1 amide bonds. The van der Waals surface area contributed by atoms with Gasteiger partial charge < -0.3 is 14.4 Å². The second-order valence-corrected chi connectivity index (χ2v) is 6.16. The van der Waals surface area contributed by atoms with Gasteiger partial charge in [-0.3, -0.25) is 9.48 Å². The first kappa shape index (κ1) is 19.1. The summed E-state index contributed by atoms with van der Waals surface area (Å²) in [5, 5.41) is 4.49. The maximum atomic E-state index is 12.7. The molecule has 0 saturated carbocycles. The molecule has 0 radical (unpaired) electrons. The number of nitrogens with zero attached hydrogens (tertiary/aromatic N) is 3. The molecule has 7 heteroatoms. The van der Waals surface area contributed by atoms with Gasteiger partial charge in [0.15, 0.2) is 11.5 Å².